The minimum Gasteiger partial charge on any atom is -0.490 e. The van der Waals surface area contributed by atoms with Crippen LogP contribution in [-0.2, 0) is 33.4 Å². The Labute approximate surface area is 267 Å². The molecule has 1 N–H and O–H groups in total. The molecule has 1 aromatic carbocycles. The van der Waals surface area contributed by atoms with Gasteiger partial charge in [-0.25, -0.2) is 4.79 Å². The van der Waals surface area contributed by atoms with Gasteiger partial charge in [0.05, 0.1) is 28.6 Å². The maximum absolute atomic E-state index is 14.0. The van der Waals surface area contributed by atoms with E-state index >= 15 is 0 Å². The monoisotopic (exact) mass is 665 g/mol. The second-order valence-electron chi connectivity index (χ2n) is 11.9. The molecule has 4 heterocycles. The highest BCUT2D eigenvalue weighted by atomic mass is 35.5. The Bertz CT molecular complexity index is 1740. The minimum atomic E-state index is -4.60. The molecule has 1 saturated heterocycles. The second-order valence-corrected chi connectivity index (χ2v) is 12.3. The van der Waals surface area contributed by atoms with Gasteiger partial charge in [0.1, 0.15) is 17.8 Å². The van der Waals surface area contributed by atoms with Gasteiger partial charge >= 0.3 is 12.3 Å². The van der Waals surface area contributed by atoms with Crippen molar-refractivity contribution in [3.63, 3.8) is 0 Å². The van der Waals surface area contributed by atoms with Gasteiger partial charge in [-0.3, -0.25) is 9.59 Å². The molecule has 12 nitrogen and oxygen atoms in total. The molecule has 0 atom stereocenters. The van der Waals surface area contributed by atoms with E-state index in [1.54, 1.807) is 30.2 Å². The van der Waals surface area contributed by atoms with Gasteiger partial charge in [0.25, 0.3) is 5.56 Å². The zero-order valence-corrected chi connectivity index (χ0v) is 26.7. The third-order valence-corrected chi connectivity index (χ3v) is 7.75. The van der Waals surface area contributed by atoms with E-state index in [1.165, 1.54) is 0 Å². The first-order valence-electron chi connectivity index (χ1n) is 14.9. The highest BCUT2D eigenvalue weighted by Gasteiger charge is 2.32. The van der Waals surface area contributed by atoms with Crippen molar-refractivity contribution in [3.05, 3.63) is 56.7 Å². The Balaban J connectivity index is 1.51. The van der Waals surface area contributed by atoms with Gasteiger partial charge in [-0.1, -0.05) is 18.5 Å². The standard InChI is InChI=1S/C30H35ClF3N7O5/c1-5-21-24(38-11-13-39(14-12-38)28(44)46-29(2,3)4)26(43)41-27(36-25(37-41)22-8-6-7-15-45-22)40(21)17-23(42)35-20-10-9-18(16-19(20)31)30(32,33)34/h8-10,16H,5-7,11-15,17H2,1-4H3,(H,35,42). The van der Waals surface area contributed by atoms with Gasteiger partial charge < -0.3 is 29.2 Å². The van der Waals surface area contributed by atoms with E-state index in [1.807, 2.05) is 17.9 Å². The predicted octanol–water partition coefficient (Wildman–Crippen LogP) is 4.97. The van der Waals surface area contributed by atoms with Crippen LogP contribution in [0.15, 0.2) is 29.1 Å². The molecular formula is C30H35ClF3N7O5. The summed E-state index contributed by atoms with van der Waals surface area (Å²) >= 11 is 6.09. The van der Waals surface area contributed by atoms with Crippen molar-refractivity contribution in [1.82, 2.24) is 24.1 Å². The fourth-order valence-electron chi connectivity index (χ4n) is 5.31. The Morgan fingerprint density at radius 3 is 2.43 bits per heavy atom. The Morgan fingerprint density at radius 2 is 1.85 bits per heavy atom. The average molecular weight is 666 g/mol. The van der Waals surface area contributed by atoms with Crippen molar-refractivity contribution in [2.24, 2.45) is 0 Å². The zero-order valence-electron chi connectivity index (χ0n) is 25.9. The third-order valence-electron chi connectivity index (χ3n) is 7.44. The van der Waals surface area contributed by atoms with Gasteiger partial charge in [0.2, 0.25) is 17.5 Å². The predicted molar refractivity (Wildman–Crippen MR) is 165 cm³/mol. The van der Waals surface area contributed by atoms with E-state index in [-0.39, 0.29) is 28.9 Å². The van der Waals surface area contributed by atoms with E-state index in [2.05, 4.69) is 15.4 Å². The van der Waals surface area contributed by atoms with E-state index < -0.39 is 34.9 Å². The molecule has 0 bridgehead atoms. The number of carbonyl (C=O) groups excluding carboxylic acids is 2. The van der Waals surface area contributed by atoms with Crippen molar-refractivity contribution < 1.29 is 32.2 Å². The maximum Gasteiger partial charge on any atom is 0.416 e. The van der Waals surface area contributed by atoms with Gasteiger partial charge in [-0.15, -0.1) is 5.10 Å². The zero-order chi connectivity index (χ0) is 33.4. The van der Waals surface area contributed by atoms with E-state index in [0.29, 0.717) is 56.3 Å². The van der Waals surface area contributed by atoms with Crippen LogP contribution in [0.2, 0.25) is 5.02 Å². The van der Waals surface area contributed by atoms with Crippen molar-refractivity contribution in [2.75, 3.05) is 43.0 Å². The maximum atomic E-state index is 14.0. The number of fused-ring (bicyclic) bond motifs is 1. The molecule has 1 fully saturated rings. The van der Waals surface area contributed by atoms with Crippen LogP contribution in [0.1, 0.15) is 57.6 Å². The average Bonchev–Trinajstić information content (AvgIpc) is 3.45. The number of rotatable bonds is 6. The van der Waals surface area contributed by atoms with Crippen molar-refractivity contribution in [2.45, 2.75) is 65.3 Å². The molecule has 46 heavy (non-hydrogen) atoms. The molecule has 2 aromatic heterocycles. The van der Waals surface area contributed by atoms with Crippen molar-refractivity contribution >= 4 is 46.5 Å². The van der Waals surface area contributed by atoms with Gasteiger partial charge in [-0.2, -0.15) is 22.7 Å². The molecular weight excluding hydrogens is 631 g/mol. The highest BCUT2D eigenvalue weighted by molar-refractivity contribution is 6.33. The van der Waals surface area contributed by atoms with Crippen LogP contribution >= 0.6 is 11.6 Å². The summed E-state index contributed by atoms with van der Waals surface area (Å²) in [6.07, 6.45) is -1.31. The molecule has 0 aliphatic carbocycles. The summed E-state index contributed by atoms with van der Waals surface area (Å²) in [7, 11) is 0. The first-order chi connectivity index (χ1) is 21.7. The number of piperazine rings is 1. The van der Waals surface area contributed by atoms with Crippen molar-refractivity contribution in [1.29, 1.82) is 0 Å². The lowest BCUT2D eigenvalue weighted by Gasteiger charge is -2.37. The Kier molecular flexibility index (Phi) is 9.25. The molecule has 2 aliphatic heterocycles. The van der Waals surface area contributed by atoms with Crippen LogP contribution in [0.25, 0.3) is 11.5 Å². The smallest absolute Gasteiger partial charge is 0.416 e. The summed E-state index contributed by atoms with van der Waals surface area (Å²) in [6, 6.07) is 2.65. The number of ether oxygens (including phenoxy) is 2. The summed E-state index contributed by atoms with van der Waals surface area (Å²) < 4.78 is 53.3. The quantitative estimate of drug-likeness (QED) is 0.392. The Hall–Kier alpha value is -4.27. The summed E-state index contributed by atoms with van der Waals surface area (Å²) in [5.74, 6) is 0.0927. The number of nitrogens with one attached hydrogen (secondary N) is 1. The first-order valence-corrected chi connectivity index (χ1v) is 15.3. The van der Waals surface area contributed by atoms with Crippen LogP contribution in [0.4, 0.5) is 29.3 Å². The number of aromatic nitrogens is 4. The number of benzene rings is 1. The van der Waals surface area contributed by atoms with E-state index in [9.17, 15) is 27.6 Å². The van der Waals surface area contributed by atoms with Crippen LogP contribution in [0.5, 0.6) is 0 Å². The second kappa shape index (κ2) is 12.9. The molecule has 16 heteroatoms. The van der Waals surface area contributed by atoms with E-state index in [0.717, 1.165) is 35.6 Å². The molecule has 0 saturated carbocycles. The summed E-state index contributed by atoms with van der Waals surface area (Å²) in [6.45, 7) is 8.53. The summed E-state index contributed by atoms with van der Waals surface area (Å²) in [5.41, 5.74) is -1.26. The normalized spacial score (nSPS) is 15.9. The first kappa shape index (κ1) is 33.1. The lowest BCUT2D eigenvalue weighted by molar-refractivity contribution is -0.137. The van der Waals surface area contributed by atoms with Crippen LogP contribution in [0, 0.1) is 0 Å². The number of nitrogens with zero attached hydrogens (tertiary/aromatic N) is 6. The lowest BCUT2D eigenvalue weighted by Crippen LogP contribution is -2.51. The highest BCUT2D eigenvalue weighted by Crippen LogP contribution is 2.34. The summed E-state index contributed by atoms with van der Waals surface area (Å²) in [5, 5.41) is 6.75. The van der Waals surface area contributed by atoms with Crippen LogP contribution < -0.4 is 15.8 Å². The lowest BCUT2D eigenvalue weighted by atomic mass is 10.2. The largest absolute Gasteiger partial charge is 0.490 e. The minimum absolute atomic E-state index is 0.00353. The SMILES string of the molecule is CCc1c(N2CCN(C(=O)OC(C)(C)C)CC2)c(=O)n2nc(C3=CCCCO3)nc2n1CC(=O)Nc1ccc(C(F)(F)F)cc1Cl. The number of carbonyl (C=O) groups is 2. The molecule has 248 valence electrons. The number of hydrogen-bond acceptors (Lipinski definition) is 8. The van der Waals surface area contributed by atoms with Gasteiger partial charge in [-0.05, 0) is 64.3 Å². The molecule has 2 amide bonds. The molecule has 3 aromatic rings. The molecule has 2 aliphatic rings. The van der Waals surface area contributed by atoms with Gasteiger partial charge in [0.15, 0.2) is 5.76 Å². The molecule has 0 unspecified atom stereocenters. The number of hydrogen-bond donors (Lipinski definition) is 1. The Morgan fingerprint density at radius 1 is 1.13 bits per heavy atom. The molecule has 0 spiro atoms. The fourth-order valence-corrected chi connectivity index (χ4v) is 5.54. The van der Waals surface area contributed by atoms with Crippen LogP contribution in [0.3, 0.4) is 0 Å². The number of amides is 2. The number of anilines is 2. The van der Waals surface area contributed by atoms with Gasteiger partial charge in [0, 0.05) is 26.2 Å². The number of halogens is 4. The topological polar surface area (TPSA) is 123 Å². The van der Waals surface area contributed by atoms with E-state index in [4.69, 9.17) is 21.1 Å². The third kappa shape index (κ3) is 7.08. The summed E-state index contributed by atoms with van der Waals surface area (Å²) in [4.78, 5) is 48.1. The van der Waals surface area contributed by atoms with Crippen LogP contribution in [-0.4, -0.2) is 74.5 Å². The molecule has 5 rings (SSSR count). The van der Waals surface area contributed by atoms with Crippen molar-refractivity contribution in [3.8, 4) is 0 Å². The fraction of sp³-hybridized carbons (Fsp3) is 0.500. The molecule has 0 radical (unpaired) electrons. The number of allylic oxidation sites excluding steroid dienone is 1. The number of alkyl halides is 3.